The van der Waals surface area contributed by atoms with Crippen LogP contribution in [0.1, 0.15) is 52.4 Å². The van der Waals surface area contributed by atoms with Gasteiger partial charge < -0.3 is 10.6 Å². The molecule has 0 spiro atoms. The van der Waals surface area contributed by atoms with E-state index in [1.54, 1.807) is 0 Å². The molecule has 0 aromatic rings. The molecular formula is C18H34N4O. The fourth-order valence-electron chi connectivity index (χ4n) is 4.39. The molecule has 3 rings (SSSR count). The van der Waals surface area contributed by atoms with Gasteiger partial charge >= 0.3 is 0 Å². The SMILES string of the molecule is C[C@@H]1CC[C@@H](C)N1CCN1CCN(C(=O)CC2(N)CCC2)CC1. The summed E-state index contributed by atoms with van der Waals surface area (Å²) in [5.74, 6) is 0.272. The van der Waals surface area contributed by atoms with Crippen molar-refractivity contribution in [3.63, 3.8) is 0 Å². The number of carbonyl (C=O) groups is 1. The first-order chi connectivity index (χ1) is 11.0. The van der Waals surface area contributed by atoms with E-state index in [4.69, 9.17) is 5.73 Å². The molecular weight excluding hydrogens is 288 g/mol. The van der Waals surface area contributed by atoms with Gasteiger partial charge in [0, 0.05) is 63.3 Å². The van der Waals surface area contributed by atoms with Crippen LogP contribution in [0.5, 0.6) is 0 Å². The van der Waals surface area contributed by atoms with Crippen LogP contribution in [0.25, 0.3) is 0 Å². The largest absolute Gasteiger partial charge is 0.340 e. The predicted octanol–water partition coefficient (Wildman–Crippen LogP) is 1.27. The molecule has 5 nitrogen and oxygen atoms in total. The van der Waals surface area contributed by atoms with E-state index in [0.29, 0.717) is 6.42 Å². The van der Waals surface area contributed by atoms with Gasteiger partial charge in [-0.05, 0) is 46.0 Å². The van der Waals surface area contributed by atoms with Crippen LogP contribution in [0.2, 0.25) is 0 Å². The Bertz CT molecular complexity index is 405. The summed E-state index contributed by atoms with van der Waals surface area (Å²) in [4.78, 5) is 19.6. The standard InChI is InChI=1S/C18H34N4O/c1-15-4-5-16(2)22(15)13-10-20-8-11-21(12-9-20)17(23)14-18(19)6-3-7-18/h15-16H,3-14,19H2,1-2H3/t15-,16-/m1/s1. The second-order valence-corrected chi connectivity index (χ2v) is 8.13. The summed E-state index contributed by atoms with van der Waals surface area (Å²) in [6, 6.07) is 1.46. The second-order valence-electron chi connectivity index (χ2n) is 8.13. The van der Waals surface area contributed by atoms with Gasteiger partial charge in [-0.15, -0.1) is 0 Å². The first kappa shape index (κ1) is 17.2. The predicted molar refractivity (Wildman–Crippen MR) is 93.3 cm³/mol. The maximum Gasteiger partial charge on any atom is 0.224 e. The summed E-state index contributed by atoms with van der Waals surface area (Å²) in [6.45, 7) is 10.8. The molecule has 23 heavy (non-hydrogen) atoms. The molecule has 0 radical (unpaired) electrons. The number of piperazine rings is 1. The number of carbonyl (C=O) groups excluding carboxylic acids is 1. The topological polar surface area (TPSA) is 52.8 Å². The molecule has 1 saturated carbocycles. The van der Waals surface area contributed by atoms with Crippen molar-refractivity contribution in [3.05, 3.63) is 0 Å². The van der Waals surface area contributed by atoms with Crippen LogP contribution in [-0.2, 0) is 4.79 Å². The maximum absolute atomic E-state index is 12.4. The molecule has 3 aliphatic rings. The molecule has 1 aliphatic carbocycles. The Morgan fingerprint density at radius 1 is 1.04 bits per heavy atom. The Labute approximate surface area is 141 Å². The average Bonchev–Trinajstić information content (AvgIpc) is 2.83. The van der Waals surface area contributed by atoms with Crippen LogP contribution >= 0.6 is 0 Å². The van der Waals surface area contributed by atoms with E-state index in [1.165, 1.54) is 25.8 Å². The quantitative estimate of drug-likeness (QED) is 0.828. The van der Waals surface area contributed by atoms with Gasteiger partial charge in [0.2, 0.25) is 5.91 Å². The summed E-state index contributed by atoms with van der Waals surface area (Å²) >= 11 is 0. The minimum absolute atomic E-state index is 0.184. The molecule has 5 heteroatoms. The maximum atomic E-state index is 12.4. The van der Waals surface area contributed by atoms with Gasteiger partial charge in [-0.2, -0.15) is 0 Å². The molecule has 2 N–H and O–H groups in total. The zero-order valence-electron chi connectivity index (χ0n) is 15.0. The number of hydrogen-bond acceptors (Lipinski definition) is 4. The molecule has 0 aromatic heterocycles. The number of rotatable bonds is 5. The van der Waals surface area contributed by atoms with Gasteiger partial charge in [0.15, 0.2) is 0 Å². The molecule has 3 fully saturated rings. The zero-order chi connectivity index (χ0) is 16.4. The number of nitrogens with two attached hydrogens (primary N) is 1. The third kappa shape index (κ3) is 4.06. The van der Waals surface area contributed by atoms with Gasteiger partial charge in [0.05, 0.1) is 0 Å². The van der Waals surface area contributed by atoms with Crippen LogP contribution in [0.4, 0.5) is 0 Å². The van der Waals surface area contributed by atoms with E-state index in [0.717, 1.165) is 57.6 Å². The summed E-state index contributed by atoms with van der Waals surface area (Å²) in [5, 5.41) is 0. The van der Waals surface area contributed by atoms with Crippen molar-refractivity contribution in [2.45, 2.75) is 70.0 Å². The van der Waals surface area contributed by atoms with E-state index < -0.39 is 0 Å². The monoisotopic (exact) mass is 322 g/mol. The van der Waals surface area contributed by atoms with Gasteiger partial charge in [-0.1, -0.05) is 0 Å². The van der Waals surface area contributed by atoms with E-state index in [2.05, 4.69) is 23.6 Å². The first-order valence-corrected chi connectivity index (χ1v) is 9.52. The number of hydrogen-bond donors (Lipinski definition) is 1. The Kier molecular flexibility index (Phi) is 5.29. The molecule has 132 valence electrons. The second kappa shape index (κ2) is 7.08. The molecule has 2 heterocycles. The Morgan fingerprint density at radius 2 is 1.65 bits per heavy atom. The number of likely N-dealkylation sites (tertiary alicyclic amines) is 1. The van der Waals surface area contributed by atoms with Crippen LogP contribution < -0.4 is 5.73 Å². The lowest BCUT2D eigenvalue weighted by Crippen LogP contribution is -2.54. The van der Waals surface area contributed by atoms with Crippen molar-refractivity contribution in [2.24, 2.45) is 5.73 Å². The molecule has 0 unspecified atom stereocenters. The Hall–Kier alpha value is -0.650. The normalized spacial score (nSPS) is 32.0. The molecule has 2 atom stereocenters. The van der Waals surface area contributed by atoms with Crippen LogP contribution in [0, 0.1) is 0 Å². The van der Waals surface area contributed by atoms with Crippen molar-refractivity contribution in [3.8, 4) is 0 Å². The van der Waals surface area contributed by atoms with Gasteiger partial charge in [-0.3, -0.25) is 14.6 Å². The van der Waals surface area contributed by atoms with E-state index in [9.17, 15) is 4.79 Å². The van der Waals surface area contributed by atoms with E-state index >= 15 is 0 Å². The van der Waals surface area contributed by atoms with Gasteiger partial charge in [-0.25, -0.2) is 0 Å². The molecule has 0 aromatic carbocycles. The lowest BCUT2D eigenvalue weighted by Gasteiger charge is -2.41. The molecule has 2 aliphatic heterocycles. The number of nitrogens with zero attached hydrogens (tertiary/aromatic N) is 3. The van der Waals surface area contributed by atoms with Crippen molar-refractivity contribution >= 4 is 5.91 Å². The van der Waals surface area contributed by atoms with Crippen molar-refractivity contribution in [2.75, 3.05) is 39.3 Å². The van der Waals surface area contributed by atoms with Crippen molar-refractivity contribution < 1.29 is 4.79 Å². The van der Waals surface area contributed by atoms with E-state index in [-0.39, 0.29) is 11.4 Å². The smallest absolute Gasteiger partial charge is 0.224 e. The molecule has 0 bridgehead atoms. The minimum Gasteiger partial charge on any atom is -0.340 e. The zero-order valence-corrected chi connectivity index (χ0v) is 15.0. The Morgan fingerprint density at radius 3 is 2.17 bits per heavy atom. The summed E-state index contributed by atoms with van der Waals surface area (Å²) in [6.07, 6.45) is 6.45. The van der Waals surface area contributed by atoms with Gasteiger partial charge in [0.1, 0.15) is 0 Å². The molecule has 2 saturated heterocycles. The van der Waals surface area contributed by atoms with Crippen LogP contribution in [0.3, 0.4) is 0 Å². The van der Waals surface area contributed by atoms with Crippen LogP contribution in [-0.4, -0.2) is 77.5 Å². The third-order valence-electron chi connectivity index (χ3n) is 6.39. The third-order valence-corrected chi connectivity index (χ3v) is 6.39. The summed E-state index contributed by atoms with van der Waals surface area (Å²) in [7, 11) is 0. The van der Waals surface area contributed by atoms with E-state index in [1.807, 2.05) is 4.90 Å². The molecule has 1 amide bonds. The summed E-state index contributed by atoms with van der Waals surface area (Å²) < 4.78 is 0. The first-order valence-electron chi connectivity index (χ1n) is 9.52. The average molecular weight is 322 g/mol. The van der Waals surface area contributed by atoms with Gasteiger partial charge in [0.25, 0.3) is 0 Å². The van der Waals surface area contributed by atoms with Crippen molar-refractivity contribution in [1.82, 2.24) is 14.7 Å². The highest BCUT2D eigenvalue weighted by Gasteiger charge is 2.36. The van der Waals surface area contributed by atoms with Crippen molar-refractivity contribution in [1.29, 1.82) is 0 Å². The Balaban J connectivity index is 1.37. The highest BCUT2D eigenvalue weighted by Crippen LogP contribution is 2.32. The number of amides is 1. The highest BCUT2D eigenvalue weighted by atomic mass is 16.2. The van der Waals surface area contributed by atoms with Crippen LogP contribution in [0.15, 0.2) is 0 Å². The lowest BCUT2D eigenvalue weighted by molar-refractivity contribution is -0.135. The minimum atomic E-state index is -0.184. The highest BCUT2D eigenvalue weighted by molar-refractivity contribution is 5.77. The summed E-state index contributed by atoms with van der Waals surface area (Å²) in [5.41, 5.74) is 6.03. The lowest BCUT2D eigenvalue weighted by atomic mass is 9.75. The fourth-order valence-corrected chi connectivity index (χ4v) is 4.39. The fraction of sp³-hybridized carbons (Fsp3) is 0.944.